The summed E-state index contributed by atoms with van der Waals surface area (Å²) in [6.07, 6.45) is 2.80. The molecule has 0 aliphatic carbocycles. The summed E-state index contributed by atoms with van der Waals surface area (Å²) in [5.41, 5.74) is 0.880. The number of rotatable bonds is 4. The van der Waals surface area contributed by atoms with E-state index in [4.69, 9.17) is 4.42 Å². The number of nitrogens with zero attached hydrogens (tertiary/aromatic N) is 2. The minimum Gasteiger partial charge on any atom is -0.459 e. The average molecular weight is 219 g/mol. The maximum Gasteiger partial charge on any atom is 0.154 e. The van der Waals surface area contributed by atoms with Gasteiger partial charge in [0.15, 0.2) is 5.76 Å². The van der Waals surface area contributed by atoms with Crippen LogP contribution in [0.25, 0.3) is 11.5 Å². The highest BCUT2D eigenvalue weighted by Gasteiger charge is 2.09. The van der Waals surface area contributed by atoms with E-state index in [2.05, 4.69) is 17.3 Å². The summed E-state index contributed by atoms with van der Waals surface area (Å²) >= 11 is 0. The SMILES string of the molecule is CNC(C)Cc1ccc(-c2ccn(C)n2)o1. The topological polar surface area (TPSA) is 43.0 Å². The second-order valence-corrected chi connectivity index (χ2v) is 4.03. The molecule has 0 saturated carbocycles. The lowest BCUT2D eigenvalue weighted by molar-refractivity contribution is 0.479. The maximum atomic E-state index is 5.74. The number of furan rings is 1. The van der Waals surface area contributed by atoms with Crippen LogP contribution < -0.4 is 5.32 Å². The molecule has 0 bridgehead atoms. The molecule has 4 heteroatoms. The number of hydrogen-bond acceptors (Lipinski definition) is 3. The van der Waals surface area contributed by atoms with Crippen LogP contribution in [0.4, 0.5) is 0 Å². The van der Waals surface area contributed by atoms with Crippen LogP contribution >= 0.6 is 0 Å². The minimum absolute atomic E-state index is 0.419. The summed E-state index contributed by atoms with van der Waals surface area (Å²) < 4.78 is 7.51. The molecule has 2 heterocycles. The fourth-order valence-electron chi connectivity index (χ4n) is 1.58. The number of nitrogens with one attached hydrogen (secondary N) is 1. The third-order valence-corrected chi connectivity index (χ3v) is 2.63. The summed E-state index contributed by atoms with van der Waals surface area (Å²) in [6.45, 7) is 2.13. The monoisotopic (exact) mass is 219 g/mol. The van der Waals surface area contributed by atoms with E-state index in [1.807, 2.05) is 38.5 Å². The maximum absolute atomic E-state index is 5.74. The van der Waals surface area contributed by atoms with Gasteiger partial charge in [0, 0.05) is 25.7 Å². The molecule has 16 heavy (non-hydrogen) atoms. The van der Waals surface area contributed by atoms with Crippen LogP contribution in [0.5, 0.6) is 0 Å². The molecule has 0 aliphatic heterocycles. The lowest BCUT2D eigenvalue weighted by atomic mass is 10.2. The fraction of sp³-hybridized carbons (Fsp3) is 0.417. The largest absolute Gasteiger partial charge is 0.459 e. The van der Waals surface area contributed by atoms with E-state index < -0.39 is 0 Å². The smallest absolute Gasteiger partial charge is 0.154 e. The van der Waals surface area contributed by atoms with Crippen molar-refractivity contribution >= 4 is 0 Å². The van der Waals surface area contributed by atoms with E-state index in [1.165, 1.54) is 0 Å². The Morgan fingerprint density at radius 2 is 2.25 bits per heavy atom. The highest BCUT2D eigenvalue weighted by Crippen LogP contribution is 2.20. The molecule has 1 unspecified atom stereocenters. The van der Waals surface area contributed by atoms with Crippen molar-refractivity contribution < 1.29 is 4.42 Å². The van der Waals surface area contributed by atoms with Crippen LogP contribution in [0.15, 0.2) is 28.8 Å². The van der Waals surface area contributed by atoms with Crippen molar-refractivity contribution in [1.82, 2.24) is 15.1 Å². The highest BCUT2D eigenvalue weighted by molar-refractivity contribution is 5.51. The molecule has 0 amide bonds. The second-order valence-electron chi connectivity index (χ2n) is 4.03. The standard InChI is InChI=1S/C12H17N3O/c1-9(13-2)8-10-4-5-12(16-10)11-6-7-15(3)14-11/h4-7,9,13H,8H2,1-3H3. The Hall–Kier alpha value is -1.55. The van der Waals surface area contributed by atoms with Gasteiger partial charge in [-0.2, -0.15) is 5.10 Å². The van der Waals surface area contributed by atoms with Gasteiger partial charge >= 0.3 is 0 Å². The van der Waals surface area contributed by atoms with Gasteiger partial charge in [0.05, 0.1) is 0 Å². The Balaban J connectivity index is 2.13. The highest BCUT2D eigenvalue weighted by atomic mass is 16.3. The number of aryl methyl sites for hydroxylation is 1. The summed E-state index contributed by atoms with van der Waals surface area (Å²) in [7, 11) is 3.85. The van der Waals surface area contributed by atoms with Gasteiger partial charge < -0.3 is 9.73 Å². The molecule has 0 saturated heterocycles. The third kappa shape index (κ3) is 2.33. The minimum atomic E-state index is 0.419. The fourth-order valence-corrected chi connectivity index (χ4v) is 1.58. The van der Waals surface area contributed by atoms with Crippen LogP contribution in [0.1, 0.15) is 12.7 Å². The van der Waals surface area contributed by atoms with Gasteiger partial charge in [0.1, 0.15) is 11.5 Å². The van der Waals surface area contributed by atoms with Crippen LogP contribution in [0, 0.1) is 0 Å². The van der Waals surface area contributed by atoms with Crippen LogP contribution in [-0.2, 0) is 13.5 Å². The predicted molar refractivity (Wildman–Crippen MR) is 63.1 cm³/mol. The second kappa shape index (κ2) is 4.53. The van der Waals surface area contributed by atoms with Crippen LogP contribution in [-0.4, -0.2) is 22.9 Å². The molecule has 2 rings (SSSR count). The Bertz CT molecular complexity index is 458. The molecular formula is C12H17N3O. The number of aromatic nitrogens is 2. The van der Waals surface area contributed by atoms with Gasteiger partial charge in [-0.15, -0.1) is 0 Å². The first-order valence-corrected chi connectivity index (χ1v) is 5.45. The molecular weight excluding hydrogens is 202 g/mol. The summed E-state index contributed by atoms with van der Waals surface area (Å²) in [5.74, 6) is 1.82. The van der Waals surface area contributed by atoms with E-state index in [0.717, 1.165) is 23.6 Å². The average Bonchev–Trinajstić information content (AvgIpc) is 2.87. The van der Waals surface area contributed by atoms with Crippen molar-refractivity contribution in [3.63, 3.8) is 0 Å². The molecule has 0 radical (unpaired) electrons. The molecule has 1 atom stereocenters. The molecule has 0 spiro atoms. The summed E-state index contributed by atoms with van der Waals surface area (Å²) in [6, 6.07) is 6.35. The first-order valence-electron chi connectivity index (χ1n) is 5.45. The first-order chi connectivity index (χ1) is 7.69. The van der Waals surface area contributed by atoms with Gasteiger partial charge in [-0.25, -0.2) is 0 Å². The first kappa shape index (κ1) is 11.0. The lowest BCUT2D eigenvalue weighted by Gasteiger charge is -2.06. The van der Waals surface area contributed by atoms with Crippen molar-refractivity contribution in [2.24, 2.45) is 7.05 Å². The van der Waals surface area contributed by atoms with Gasteiger partial charge in [-0.3, -0.25) is 4.68 Å². The Labute approximate surface area is 95.3 Å². The Morgan fingerprint density at radius 1 is 1.44 bits per heavy atom. The summed E-state index contributed by atoms with van der Waals surface area (Å²) in [5, 5.41) is 7.49. The van der Waals surface area contributed by atoms with Crippen molar-refractivity contribution in [3.05, 3.63) is 30.2 Å². The normalized spacial score (nSPS) is 12.9. The van der Waals surface area contributed by atoms with E-state index in [1.54, 1.807) is 4.68 Å². The Kier molecular flexibility index (Phi) is 3.10. The van der Waals surface area contributed by atoms with Crippen LogP contribution in [0.3, 0.4) is 0 Å². The van der Waals surface area contributed by atoms with Crippen molar-refractivity contribution in [2.45, 2.75) is 19.4 Å². The Morgan fingerprint density at radius 3 is 2.88 bits per heavy atom. The molecule has 0 aromatic carbocycles. The van der Waals surface area contributed by atoms with E-state index >= 15 is 0 Å². The van der Waals surface area contributed by atoms with E-state index in [-0.39, 0.29) is 0 Å². The quantitative estimate of drug-likeness (QED) is 0.853. The van der Waals surface area contributed by atoms with Gasteiger partial charge in [0.25, 0.3) is 0 Å². The van der Waals surface area contributed by atoms with Crippen molar-refractivity contribution in [1.29, 1.82) is 0 Å². The molecule has 4 nitrogen and oxygen atoms in total. The molecule has 2 aromatic heterocycles. The van der Waals surface area contributed by atoms with Crippen molar-refractivity contribution in [2.75, 3.05) is 7.05 Å². The molecule has 0 fully saturated rings. The number of hydrogen-bond donors (Lipinski definition) is 1. The zero-order valence-corrected chi connectivity index (χ0v) is 9.90. The molecule has 1 N–H and O–H groups in total. The molecule has 2 aromatic rings. The lowest BCUT2D eigenvalue weighted by Crippen LogP contribution is -2.23. The van der Waals surface area contributed by atoms with E-state index in [0.29, 0.717) is 6.04 Å². The van der Waals surface area contributed by atoms with Gasteiger partial charge in [-0.05, 0) is 32.2 Å². The van der Waals surface area contributed by atoms with Gasteiger partial charge in [0.2, 0.25) is 0 Å². The third-order valence-electron chi connectivity index (χ3n) is 2.63. The molecule has 0 aliphatic rings. The summed E-state index contributed by atoms with van der Waals surface area (Å²) in [4.78, 5) is 0. The zero-order valence-electron chi connectivity index (χ0n) is 9.90. The zero-order chi connectivity index (χ0) is 11.5. The van der Waals surface area contributed by atoms with Crippen LogP contribution in [0.2, 0.25) is 0 Å². The van der Waals surface area contributed by atoms with Gasteiger partial charge in [-0.1, -0.05) is 0 Å². The number of likely N-dealkylation sites (N-methyl/N-ethyl adjacent to an activating group) is 1. The van der Waals surface area contributed by atoms with Crippen molar-refractivity contribution in [3.8, 4) is 11.5 Å². The van der Waals surface area contributed by atoms with E-state index in [9.17, 15) is 0 Å². The molecule has 86 valence electrons. The predicted octanol–water partition coefficient (Wildman–Crippen LogP) is 1.83.